The lowest BCUT2D eigenvalue weighted by atomic mass is 10.0. The van der Waals surface area contributed by atoms with Crippen LogP contribution in [0.1, 0.15) is 37.9 Å². The van der Waals surface area contributed by atoms with Crippen LogP contribution in [0.25, 0.3) is 0 Å². The molecule has 5 aliphatic heterocycles. The minimum atomic E-state index is -0.540. The standard InChI is InChI=1S/C25H41N11OS/c1-2-10-33(11-3-1)24(34-14-8-26-9-15-34)23(32-16-18-37-19-17-32)38-25(22-27-6-7-28-22,35-12-4-5-13-35)36(24)21-20-29-31-30-21/h6-7,20,23,26H,1-5,8-19H2,(H,27,28)(H,29,30,31). The molecule has 2 aromatic heterocycles. The van der Waals surface area contributed by atoms with Gasteiger partial charge in [-0.1, -0.05) is 18.2 Å². The van der Waals surface area contributed by atoms with Gasteiger partial charge >= 0.3 is 0 Å². The van der Waals surface area contributed by atoms with E-state index >= 15 is 0 Å². The summed E-state index contributed by atoms with van der Waals surface area (Å²) in [5.74, 6) is 1.46. The van der Waals surface area contributed by atoms with Crippen LogP contribution in [0.2, 0.25) is 0 Å². The van der Waals surface area contributed by atoms with Gasteiger partial charge in [-0.2, -0.15) is 10.3 Å². The topological polar surface area (TPSA) is 108 Å². The van der Waals surface area contributed by atoms with Crippen molar-refractivity contribution in [2.24, 2.45) is 0 Å². The molecular formula is C25H41N11OS. The first-order valence-corrected chi connectivity index (χ1v) is 15.3. The van der Waals surface area contributed by atoms with Crippen molar-refractivity contribution in [2.75, 3.05) is 83.6 Å². The number of likely N-dealkylation sites (tertiary alicyclic amines) is 2. The van der Waals surface area contributed by atoms with Crippen LogP contribution < -0.4 is 10.2 Å². The molecule has 0 radical (unpaired) electrons. The number of anilines is 1. The highest BCUT2D eigenvalue weighted by atomic mass is 32.2. The SMILES string of the molecule is c1c[nH]c(C2(N3CCCC3)SC(N3CCOCC3)C(N3CCCCC3)(N3CCNCC3)N2c2cn[nH]n2)n1. The number of hydrogen-bond acceptors (Lipinski definition) is 11. The third-order valence-electron chi connectivity index (χ3n) is 8.99. The molecule has 7 heterocycles. The van der Waals surface area contributed by atoms with E-state index in [2.05, 4.69) is 56.9 Å². The predicted molar refractivity (Wildman–Crippen MR) is 146 cm³/mol. The second kappa shape index (κ2) is 10.7. The van der Waals surface area contributed by atoms with Gasteiger partial charge in [0.25, 0.3) is 0 Å². The maximum atomic E-state index is 5.88. The zero-order valence-electron chi connectivity index (χ0n) is 22.2. The molecule has 0 saturated carbocycles. The van der Waals surface area contributed by atoms with Crippen molar-refractivity contribution >= 4 is 17.6 Å². The summed E-state index contributed by atoms with van der Waals surface area (Å²) in [7, 11) is 0. The Morgan fingerprint density at radius 1 is 0.868 bits per heavy atom. The number of piperazine rings is 1. The van der Waals surface area contributed by atoms with E-state index in [4.69, 9.17) is 14.8 Å². The summed E-state index contributed by atoms with van der Waals surface area (Å²) in [6.07, 6.45) is 11.9. The Morgan fingerprint density at radius 3 is 2.26 bits per heavy atom. The maximum Gasteiger partial charge on any atom is 0.207 e. The Kier molecular flexibility index (Phi) is 7.09. The summed E-state index contributed by atoms with van der Waals surface area (Å²) in [4.78, 5) is 21.6. The van der Waals surface area contributed by atoms with Gasteiger partial charge in [0.1, 0.15) is 5.37 Å². The van der Waals surface area contributed by atoms with E-state index in [9.17, 15) is 0 Å². The summed E-state index contributed by atoms with van der Waals surface area (Å²) in [5.41, 5.74) is 0. The van der Waals surface area contributed by atoms with Crippen LogP contribution in [0, 0.1) is 0 Å². The second-order valence-corrected chi connectivity index (χ2v) is 12.2. The molecule has 2 aromatic rings. The van der Waals surface area contributed by atoms with E-state index in [1.807, 2.05) is 18.6 Å². The first-order chi connectivity index (χ1) is 18.8. The Balaban J connectivity index is 1.49. The number of nitrogens with one attached hydrogen (secondary N) is 3. The van der Waals surface area contributed by atoms with Crippen molar-refractivity contribution in [1.82, 2.24) is 50.3 Å². The minimum absolute atomic E-state index is 0.171. The van der Waals surface area contributed by atoms with E-state index in [1.165, 1.54) is 32.1 Å². The third-order valence-corrected chi connectivity index (χ3v) is 10.8. The summed E-state index contributed by atoms with van der Waals surface area (Å²) in [5, 5.41) is 16.0. The van der Waals surface area contributed by atoms with E-state index in [1.54, 1.807) is 0 Å². The molecule has 0 bridgehead atoms. The number of aromatic amines is 2. The van der Waals surface area contributed by atoms with Gasteiger partial charge in [-0.15, -0.1) is 5.10 Å². The van der Waals surface area contributed by atoms with Crippen LogP contribution in [0.3, 0.4) is 0 Å². The van der Waals surface area contributed by atoms with Crippen molar-refractivity contribution in [1.29, 1.82) is 0 Å². The van der Waals surface area contributed by atoms with Gasteiger partial charge in [0.2, 0.25) is 4.99 Å². The number of piperidine rings is 1. The van der Waals surface area contributed by atoms with Crippen LogP contribution in [-0.4, -0.2) is 135 Å². The smallest absolute Gasteiger partial charge is 0.207 e. The number of aromatic nitrogens is 5. The molecule has 5 aliphatic rings. The van der Waals surface area contributed by atoms with E-state index in [-0.39, 0.29) is 5.37 Å². The van der Waals surface area contributed by atoms with Crippen LogP contribution >= 0.6 is 11.8 Å². The van der Waals surface area contributed by atoms with Crippen LogP contribution in [0.5, 0.6) is 0 Å². The molecule has 5 saturated heterocycles. The Morgan fingerprint density at radius 2 is 1.58 bits per heavy atom. The quantitative estimate of drug-likeness (QED) is 0.479. The molecule has 3 atom stereocenters. The fourth-order valence-electron chi connectivity index (χ4n) is 7.38. The molecule has 12 nitrogen and oxygen atoms in total. The van der Waals surface area contributed by atoms with Gasteiger partial charge < -0.3 is 15.0 Å². The Labute approximate surface area is 228 Å². The highest BCUT2D eigenvalue weighted by Crippen LogP contribution is 2.61. The third kappa shape index (κ3) is 3.93. The number of ether oxygens (including phenoxy) is 1. The van der Waals surface area contributed by atoms with Crippen molar-refractivity contribution in [2.45, 2.75) is 48.3 Å². The van der Waals surface area contributed by atoms with Gasteiger partial charge in [-0.3, -0.25) is 24.5 Å². The number of rotatable bonds is 6. The monoisotopic (exact) mass is 543 g/mol. The molecule has 7 rings (SSSR count). The van der Waals surface area contributed by atoms with Gasteiger partial charge in [0, 0.05) is 77.8 Å². The molecule has 38 heavy (non-hydrogen) atoms. The summed E-state index contributed by atoms with van der Waals surface area (Å²) in [6.45, 7) is 11.6. The Bertz CT molecular complexity index is 996. The number of imidazole rings is 1. The molecular weight excluding hydrogens is 502 g/mol. The molecule has 3 unspecified atom stereocenters. The molecule has 5 fully saturated rings. The maximum absolute atomic E-state index is 5.88. The number of H-pyrrole nitrogens is 2. The lowest BCUT2D eigenvalue weighted by Gasteiger charge is -2.60. The predicted octanol–water partition coefficient (Wildman–Crippen LogP) is 0.691. The second-order valence-electron chi connectivity index (χ2n) is 11.0. The van der Waals surface area contributed by atoms with Crippen molar-refractivity contribution < 1.29 is 4.74 Å². The highest BCUT2D eigenvalue weighted by molar-refractivity contribution is 8.01. The molecule has 0 aromatic carbocycles. The van der Waals surface area contributed by atoms with Gasteiger partial charge in [-0.25, -0.2) is 4.98 Å². The molecule has 0 aliphatic carbocycles. The molecule has 0 amide bonds. The highest BCUT2D eigenvalue weighted by Gasteiger charge is 2.71. The van der Waals surface area contributed by atoms with Crippen molar-refractivity contribution in [3.8, 4) is 0 Å². The number of morpholine rings is 1. The lowest BCUT2D eigenvalue weighted by molar-refractivity contribution is -0.119. The average molecular weight is 544 g/mol. The summed E-state index contributed by atoms with van der Waals surface area (Å²) < 4.78 is 5.88. The zero-order valence-corrected chi connectivity index (χ0v) is 23.0. The van der Waals surface area contributed by atoms with Crippen molar-refractivity contribution in [3.63, 3.8) is 0 Å². The van der Waals surface area contributed by atoms with Crippen molar-refractivity contribution in [3.05, 3.63) is 24.4 Å². The zero-order chi connectivity index (χ0) is 25.4. The van der Waals surface area contributed by atoms with Crippen LogP contribution in [-0.2, 0) is 9.73 Å². The summed E-state index contributed by atoms with van der Waals surface area (Å²) in [6, 6.07) is 0. The summed E-state index contributed by atoms with van der Waals surface area (Å²) >= 11 is 2.06. The number of thioether (sulfide) groups is 1. The normalized spacial score (nSPS) is 34.8. The Hall–Kier alpha value is -1.74. The molecule has 0 spiro atoms. The minimum Gasteiger partial charge on any atom is -0.379 e. The fourth-order valence-corrected chi connectivity index (χ4v) is 9.50. The van der Waals surface area contributed by atoms with Gasteiger partial charge in [0.05, 0.1) is 19.4 Å². The molecule has 3 N–H and O–H groups in total. The van der Waals surface area contributed by atoms with Crippen LogP contribution in [0.15, 0.2) is 18.6 Å². The van der Waals surface area contributed by atoms with Gasteiger partial charge in [-0.05, 0) is 25.7 Å². The van der Waals surface area contributed by atoms with Gasteiger partial charge in [0.15, 0.2) is 17.4 Å². The average Bonchev–Trinajstić information content (AvgIpc) is 3.81. The van der Waals surface area contributed by atoms with E-state index in [0.717, 1.165) is 90.3 Å². The largest absolute Gasteiger partial charge is 0.379 e. The fraction of sp³-hybridized carbons (Fsp3) is 0.800. The first-order valence-electron chi connectivity index (χ1n) is 14.5. The lowest BCUT2D eigenvalue weighted by Crippen LogP contribution is -2.79. The number of nitrogens with zero attached hydrogens (tertiary/aromatic N) is 8. The first kappa shape index (κ1) is 25.2. The van der Waals surface area contributed by atoms with Crippen LogP contribution in [0.4, 0.5) is 5.82 Å². The molecule has 13 heteroatoms. The van der Waals surface area contributed by atoms with E-state index in [0.29, 0.717) is 0 Å². The van der Waals surface area contributed by atoms with E-state index < -0.39 is 10.8 Å². The molecule has 208 valence electrons. The number of hydrogen-bond donors (Lipinski definition) is 3.